The summed E-state index contributed by atoms with van der Waals surface area (Å²) in [5, 5.41) is 15.4. The number of nitrogens with one attached hydrogen (secondary N) is 2. The second-order valence-electron chi connectivity index (χ2n) is 7.26. The Hall–Kier alpha value is -2.81. The SMILES string of the molecule is C=CCn1c(SCC(=O)Nc2ccc(C)cc2)nnc1C(C)NC(=O)c1ccc(Cl)cc1Cl. The van der Waals surface area contributed by atoms with Crippen molar-refractivity contribution in [3.05, 3.63) is 82.1 Å². The van der Waals surface area contributed by atoms with Crippen molar-refractivity contribution in [2.24, 2.45) is 0 Å². The van der Waals surface area contributed by atoms with E-state index in [0.717, 1.165) is 11.3 Å². The molecule has 0 saturated carbocycles. The van der Waals surface area contributed by atoms with Crippen molar-refractivity contribution in [1.82, 2.24) is 20.1 Å². The molecular weight excluding hydrogens is 481 g/mol. The summed E-state index contributed by atoms with van der Waals surface area (Å²) < 4.78 is 1.81. The van der Waals surface area contributed by atoms with Gasteiger partial charge in [0, 0.05) is 17.3 Å². The van der Waals surface area contributed by atoms with E-state index in [4.69, 9.17) is 23.2 Å². The number of thioether (sulfide) groups is 1. The molecule has 0 aliphatic carbocycles. The topological polar surface area (TPSA) is 88.9 Å². The van der Waals surface area contributed by atoms with E-state index in [0.29, 0.717) is 28.1 Å². The highest BCUT2D eigenvalue weighted by Crippen LogP contribution is 2.24. The Balaban J connectivity index is 1.67. The van der Waals surface area contributed by atoms with Crippen molar-refractivity contribution in [1.29, 1.82) is 0 Å². The average Bonchev–Trinajstić information content (AvgIpc) is 3.17. The largest absolute Gasteiger partial charge is 0.342 e. The summed E-state index contributed by atoms with van der Waals surface area (Å²) in [5.41, 5.74) is 2.16. The smallest absolute Gasteiger partial charge is 0.253 e. The molecule has 1 unspecified atom stereocenters. The van der Waals surface area contributed by atoms with E-state index >= 15 is 0 Å². The predicted octanol–water partition coefficient (Wildman–Crippen LogP) is 5.30. The minimum Gasteiger partial charge on any atom is -0.342 e. The molecule has 3 aromatic rings. The number of aromatic nitrogens is 3. The zero-order valence-electron chi connectivity index (χ0n) is 18.1. The summed E-state index contributed by atoms with van der Waals surface area (Å²) in [6.07, 6.45) is 1.70. The van der Waals surface area contributed by atoms with Gasteiger partial charge < -0.3 is 15.2 Å². The van der Waals surface area contributed by atoms with Crippen LogP contribution in [-0.4, -0.2) is 32.3 Å². The van der Waals surface area contributed by atoms with Crippen molar-refractivity contribution in [3.63, 3.8) is 0 Å². The quantitative estimate of drug-likeness (QED) is 0.305. The Labute approximate surface area is 206 Å². The predicted molar refractivity (Wildman–Crippen MR) is 133 cm³/mol. The maximum absolute atomic E-state index is 12.7. The van der Waals surface area contributed by atoms with Crippen molar-refractivity contribution >= 4 is 52.5 Å². The molecule has 0 fully saturated rings. The summed E-state index contributed by atoms with van der Waals surface area (Å²) >= 11 is 13.3. The van der Waals surface area contributed by atoms with Gasteiger partial charge in [-0.15, -0.1) is 16.8 Å². The Morgan fingerprint density at radius 2 is 1.91 bits per heavy atom. The van der Waals surface area contributed by atoms with Crippen LogP contribution in [0.15, 0.2) is 60.3 Å². The first-order valence-electron chi connectivity index (χ1n) is 10.1. The fourth-order valence-corrected chi connectivity index (χ4v) is 4.25. The highest BCUT2D eigenvalue weighted by molar-refractivity contribution is 7.99. The molecular formula is C23H23Cl2N5O2S. The number of amides is 2. The van der Waals surface area contributed by atoms with Crippen LogP contribution in [0.5, 0.6) is 0 Å². The van der Waals surface area contributed by atoms with E-state index in [1.54, 1.807) is 25.1 Å². The van der Waals surface area contributed by atoms with Gasteiger partial charge in [0.15, 0.2) is 11.0 Å². The third kappa shape index (κ3) is 6.60. The lowest BCUT2D eigenvalue weighted by Crippen LogP contribution is -2.29. The summed E-state index contributed by atoms with van der Waals surface area (Å²) in [6.45, 7) is 7.98. The van der Waals surface area contributed by atoms with E-state index in [1.165, 1.54) is 17.8 Å². The second-order valence-corrected chi connectivity index (χ2v) is 9.05. The molecule has 1 atom stereocenters. The number of benzene rings is 2. The van der Waals surface area contributed by atoms with Crippen molar-refractivity contribution in [2.45, 2.75) is 31.6 Å². The number of hydrogen-bond acceptors (Lipinski definition) is 5. The summed E-state index contributed by atoms with van der Waals surface area (Å²) in [7, 11) is 0. The molecule has 2 aromatic carbocycles. The monoisotopic (exact) mass is 503 g/mol. The maximum Gasteiger partial charge on any atom is 0.253 e. The zero-order chi connectivity index (χ0) is 24.0. The van der Waals surface area contributed by atoms with Gasteiger partial charge in [0.25, 0.3) is 5.91 Å². The van der Waals surface area contributed by atoms with Crippen LogP contribution in [0.3, 0.4) is 0 Å². The van der Waals surface area contributed by atoms with Gasteiger partial charge >= 0.3 is 0 Å². The number of nitrogens with zero attached hydrogens (tertiary/aromatic N) is 3. The molecule has 0 aliphatic rings. The first kappa shape index (κ1) is 24.8. The molecule has 3 rings (SSSR count). The first-order chi connectivity index (χ1) is 15.8. The van der Waals surface area contributed by atoms with Gasteiger partial charge in [-0.3, -0.25) is 9.59 Å². The number of carbonyl (C=O) groups is 2. The molecule has 1 aromatic heterocycles. The van der Waals surface area contributed by atoms with Crippen molar-refractivity contribution < 1.29 is 9.59 Å². The minimum absolute atomic E-state index is 0.155. The lowest BCUT2D eigenvalue weighted by Gasteiger charge is -2.16. The standard InChI is InChI=1S/C23H23Cl2N5O2S/c1-4-11-30-21(15(3)26-22(32)18-10-7-16(24)12-19(18)25)28-29-23(30)33-13-20(31)27-17-8-5-14(2)6-9-17/h4-10,12,15H,1,11,13H2,2-3H3,(H,26,32)(H,27,31). The van der Waals surface area contributed by atoms with Gasteiger partial charge in [0.05, 0.1) is 22.4 Å². The molecule has 0 saturated heterocycles. The minimum atomic E-state index is -0.465. The van der Waals surface area contributed by atoms with E-state index in [-0.39, 0.29) is 22.6 Å². The van der Waals surface area contributed by atoms with Crippen molar-refractivity contribution in [3.8, 4) is 0 Å². The molecule has 0 radical (unpaired) electrons. The fourth-order valence-electron chi connectivity index (χ4n) is 3.00. The molecule has 0 spiro atoms. The van der Waals surface area contributed by atoms with E-state index in [2.05, 4.69) is 27.4 Å². The Bertz CT molecular complexity index is 1160. The van der Waals surface area contributed by atoms with Crippen LogP contribution in [0, 0.1) is 6.92 Å². The molecule has 0 bridgehead atoms. The Kier molecular flexibility index (Phi) is 8.55. The van der Waals surface area contributed by atoms with Crippen LogP contribution in [0.4, 0.5) is 5.69 Å². The molecule has 172 valence electrons. The highest BCUT2D eigenvalue weighted by atomic mass is 35.5. The first-order valence-corrected chi connectivity index (χ1v) is 11.8. The van der Waals surface area contributed by atoms with Crippen LogP contribution in [-0.2, 0) is 11.3 Å². The molecule has 0 aliphatic heterocycles. The number of rotatable bonds is 9. The molecule has 1 heterocycles. The van der Waals surface area contributed by atoms with Crippen LogP contribution in [0.2, 0.25) is 10.0 Å². The number of allylic oxidation sites excluding steroid dienone is 1. The van der Waals surface area contributed by atoms with Crippen LogP contribution in [0.25, 0.3) is 0 Å². The van der Waals surface area contributed by atoms with Gasteiger partial charge in [-0.05, 0) is 44.2 Å². The van der Waals surface area contributed by atoms with Gasteiger partial charge in [0.2, 0.25) is 5.91 Å². The molecule has 10 heteroatoms. The van der Waals surface area contributed by atoms with E-state index in [9.17, 15) is 9.59 Å². The lowest BCUT2D eigenvalue weighted by molar-refractivity contribution is -0.113. The van der Waals surface area contributed by atoms with E-state index < -0.39 is 6.04 Å². The number of carbonyl (C=O) groups excluding carboxylic acids is 2. The number of hydrogen-bond donors (Lipinski definition) is 2. The maximum atomic E-state index is 12.7. The molecule has 2 N–H and O–H groups in total. The third-order valence-electron chi connectivity index (χ3n) is 4.64. The molecule has 2 amide bonds. The number of aryl methyl sites for hydroxylation is 1. The Morgan fingerprint density at radius 3 is 2.58 bits per heavy atom. The van der Waals surface area contributed by atoms with Gasteiger partial charge in [0.1, 0.15) is 0 Å². The number of anilines is 1. The highest BCUT2D eigenvalue weighted by Gasteiger charge is 2.21. The lowest BCUT2D eigenvalue weighted by atomic mass is 10.2. The van der Waals surface area contributed by atoms with Gasteiger partial charge in [-0.25, -0.2) is 0 Å². The van der Waals surface area contributed by atoms with Crippen LogP contribution in [0.1, 0.15) is 34.7 Å². The van der Waals surface area contributed by atoms with Crippen LogP contribution < -0.4 is 10.6 Å². The normalized spacial score (nSPS) is 11.6. The van der Waals surface area contributed by atoms with Gasteiger partial charge in [-0.1, -0.05) is 58.7 Å². The second kappa shape index (κ2) is 11.4. The van der Waals surface area contributed by atoms with Gasteiger partial charge in [-0.2, -0.15) is 0 Å². The fraction of sp³-hybridized carbons (Fsp3) is 0.217. The average molecular weight is 504 g/mol. The summed E-state index contributed by atoms with van der Waals surface area (Å²) in [4.78, 5) is 25.0. The Morgan fingerprint density at radius 1 is 1.18 bits per heavy atom. The summed E-state index contributed by atoms with van der Waals surface area (Å²) in [5.74, 6) is 0.181. The molecule has 33 heavy (non-hydrogen) atoms. The molecule has 7 nitrogen and oxygen atoms in total. The van der Waals surface area contributed by atoms with Crippen LogP contribution >= 0.6 is 35.0 Å². The third-order valence-corrected chi connectivity index (χ3v) is 6.15. The zero-order valence-corrected chi connectivity index (χ0v) is 20.5. The van der Waals surface area contributed by atoms with E-state index in [1.807, 2.05) is 35.8 Å². The van der Waals surface area contributed by atoms with Crippen molar-refractivity contribution in [2.75, 3.05) is 11.1 Å². The number of halogens is 2. The summed E-state index contributed by atoms with van der Waals surface area (Å²) in [6, 6.07) is 11.8.